The summed E-state index contributed by atoms with van der Waals surface area (Å²) in [6.45, 7) is 1.86. The van der Waals surface area contributed by atoms with Crippen LogP contribution in [0.5, 0.6) is 11.5 Å². The minimum absolute atomic E-state index is 0.142. The van der Waals surface area contributed by atoms with Gasteiger partial charge in [0.15, 0.2) is 0 Å². The van der Waals surface area contributed by atoms with Crippen molar-refractivity contribution in [1.82, 2.24) is 9.97 Å². The van der Waals surface area contributed by atoms with Gasteiger partial charge in [-0.3, -0.25) is 9.00 Å². The first-order valence-corrected chi connectivity index (χ1v) is 11.2. The first-order chi connectivity index (χ1) is 15.3. The fourth-order valence-corrected chi connectivity index (χ4v) is 4.25. The lowest BCUT2D eigenvalue weighted by molar-refractivity contribution is 0.102. The van der Waals surface area contributed by atoms with Gasteiger partial charge in [-0.2, -0.15) is 0 Å². The summed E-state index contributed by atoms with van der Waals surface area (Å²) in [6.07, 6.45) is 3.22. The second kappa shape index (κ2) is 10.2. The molecule has 0 aliphatic rings. The van der Waals surface area contributed by atoms with Crippen molar-refractivity contribution < 1.29 is 18.5 Å². The largest absolute Gasteiger partial charge is 0.497 e. The standard InChI is InChI=1S/C23H26N4O4S/c1-15-13-25-21(27(2)3)12-19(15)26-22(28)18-7-6-10-24-23(18)32(29)14-16-8-9-17(30-4)11-20(16)31-5/h6-13H,14H2,1-5H3,(H,25,26,28). The quantitative estimate of drug-likeness (QED) is 0.557. The molecule has 32 heavy (non-hydrogen) atoms. The Morgan fingerprint density at radius 3 is 2.59 bits per heavy atom. The number of anilines is 2. The van der Waals surface area contributed by atoms with Gasteiger partial charge < -0.3 is 19.7 Å². The highest BCUT2D eigenvalue weighted by Gasteiger charge is 2.20. The van der Waals surface area contributed by atoms with E-state index < -0.39 is 10.8 Å². The Bertz CT molecular complexity index is 1150. The molecule has 2 heterocycles. The molecule has 2 aromatic heterocycles. The van der Waals surface area contributed by atoms with E-state index in [2.05, 4.69) is 15.3 Å². The molecule has 0 saturated heterocycles. The third kappa shape index (κ3) is 5.23. The van der Waals surface area contributed by atoms with Gasteiger partial charge in [0, 0.05) is 49.9 Å². The van der Waals surface area contributed by atoms with Crippen molar-refractivity contribution in [1.29, 1.82) is 0 Å². The van der Waals surface area contributed by atoms with Crippen LogP contribution in [0.1, 0.15) is 21.5 Å². The molecule has 0 bridgehead atoms. The van der Waals surface area contributed by atoms with Crippen molar-refractivity contribution in [2.75, 3.05) is 38.5 Å². The van der Waals surface area contributed by atoms with Crippen LogP contribution in [0, 0.1) is 6.92 Å². The second-order valence-electron chi connectivity index (χ2n) is 7.23. The molecule has 1 atom stereocenters. The monoisotopic (exact) mass is 454 g/mol. The topological polar surface area (TPSA) is 93.6 Å². The molecule has 3 aromatic rings. The third-order valence-corrected chi connectivity index (χ3v) is 6.14. The molecule has 0 spiro atoms. The summed E-state index contributed by atoms with van der Waals surface area (Å²) in [5, 5.41) is 3.11. The lowest BCUT2D eigenvalue weighted by Crippen LogP contribution is -2.18. The van der Waals surface area contributed by atoms with Crippen molar-refractivity contribution in [2.24, 2.45) is 0 Å². The molecular formula is C23H26N4O4S. The Kier molecular flexibility index (Phi) is 7.42. The molecule has 0 aliphatic carbocycles. The summed E-state index contributed by atoms with van der Waals surface area (Å²) in [5.74, 6) is 1.67. The van der Waals surface area contributed by atoms with Gasteiger partial charge in [0.1, 0.15) is 22.3 Å². The number of benzene rings is 1. The van der Waals surface area contributed by atoms with E-state index in [1.807, 2.05) is 25.9 Å². The number of methoxy groups -OCH3 is 2. The zero-order valence-corrected chi connectivity index (χ0v) is 19.5. The molecule has 3 rings (SSSR count). The fraction of sp³-hybridized carbons (Fsp3) is 0.261. The predicted octanol–water partition coefficient (Wildman–Crippen LogP) is 3.43. The van der Waals surface area contributed by atoms with Gasteiger partial charge in [0.25, 0.3) is 5.91 Å². The third-order valence-electron chi connectivity index (χ3n) is 4.81. The number of rotatable bonds is 8. The van der Waals surface area contributed by atoms with E-state index in [-0.39, 0.29) is 22.2 Å². The molecule has 0 fully saturated rings. The molecule has 1 aromatic carbocycles. The fourth-order valence-electron chi connectivity index (χ4n) is 3.01. The Morgan fingerprint density at radius 1 is 1.12 bits per heavy atom. The molecule has 1 unspecified atom stereocenters. The summed E-state index contributed by atoms with van der Waals surface area (Å²) in [6, 6.07) is 10.4. The van der Waals surface area contributed by atoms with Crippen molar-refractivity contribution in [2.45, 2.75) is 17.7 Å². The van der Waals surface area contributed by atoms with E-state index in [0.717, 1.165) is 11.1 Å². The molecule has 9 heteroatoms. The maximum absolute atomic E-state index is 13.2. The van der Waals surface area contributed by atoms with E-state index >= 15 is 0 Å². The average Bonchev–Trinajstić information content (AvgIpc) is 2.80. The molecule has 1 N–H and O–H groups in total. The predicted molar refractivity (Wildman–Crippen MR) is 125 cm³/mol. The van der Waals surface area contributed by atoms with Gasteiger partial charge >= 0.3 is 0 Å². The van der Waals surface area contributed by atoms with Crippen molar-refractivity contribution in [3.63, 3.8) is 0 Å². The van der Waals surface area contributed by atoms with Crippen LogP contribution < -0.4 is 19.7 Å². The molecule has 0 saturated carbocycles. The summed E-state index contributed by atoms with van der Waals surface area (Å²) in [4.78, 5) is 23.5. The minimum Gasteiger partial charge on any atom is -0.497 e. The van der Waals surface area contributed by atoms with E-state index in [4.69, 9.17) is 9.47 Å². The van der Waals surface area contributed by atoms with Crippen LogP contribution in [0.2, 0.25) is 0 Å². The van der Waals surface area contributed by atoms with E-state index in [1.165, 1.54) is 6.20 Å². The van der Waals surface area contributed by atoms with Crippen molar-refractivity contribution in [3.8, 4) is 11.5 Å². The average molecular weight is 455 g/mol. The van der Waals surface area contributed by atoms with Crippen LogP contribution in [-0.2, 0) is 16.6 Å². The number of amides is 1. The Labute approximate surface area is 190 Å². The molecule has 168 valence electrons. The highest BCUT2D eigenvalue weighted by Crippen LogP contribution is 2.27. The van der Waals surface area contributed by atoms with Gasteiger partial charge in [0.05, 0.1) is 36.3 Å². The molecule has 0 aliphatic heterocycles. The Hall–Kier alpha value is -3.46. The lowest BCUT2D eigenvalue weighted by Gasteiger charge is -2.15. The Balaban J connectivity index is 1.87. The number of aromatic nitrogens is 2. The van der Waals surface area contributed by atoms with Crippen LogP contribution in [0.25, 0.3) is 0 Å². The smallest absolute Gasteiger partial charge is 0.258 e. The van der Waals surface area contributed by atoms with Crippen molar-refractivity contribution in [3.05, 3.63) is 65.5 Å². The van der Waals surface area contributed by atoms with Gasteiger partial charge in [-0.15, -0.1) is 0 Å². The number of ether oxygens (including phenoxy) is 2. The second-order valence-corrected chi connectivity index (χ2v) is 8.60. The number of nitrogens with one attached hydrogen (secondary N) is 1. The van der Waals surface area contributed by atoms with E-state index in [0.29, 0.717) is 23.0 Å². The SMILES string of the molecule is COc1ccc(CS(=O)c2ncccc2C(=O)Nc2cc(N(C)C)ncc2C)c(OC)c1. The number of carbonyl (C=O) groups is 1. The number of hydrogen-bond acceptors (Lipinski definition) is 7. The highest BCUT2D eigenvalue weighted by molar-refractivity contribution is 7.84. The summed E-state index contributed by atoms with van der Waals surface area (Å²) < 4.78 is 23.8. The lowest BCUT2D eigenvalue weighted by atomic mass is 10.2. The number of hydrogen-bond donors (Lipinski definition) is 1. The van der Waals surface area contributed by atoms with Gasteiger partial charge in [-0.1, -0.05) is 6.07 Å². The molecular weight excluding hydrogens is 428 g/mol. The van der Waals surface area contributed by atoms with E-state index in [1.54, 1.807) is 56.8 Å². The normalized spacial score (nSPS) is 11.5. The van der Waals surface area contributed by atoms with E-state index in [9.17, 15) is 9.00 Å². The first kappa shape index (κ1) is 23.2. The first-order valence-electron chi connectivity index (χ1n) is 9.83. The van der Waals surface area contributed by atoms with Crippen LogP contribution >= 0.6 is 0 Å². The number of aryl methyl sites for hydroxylation is 1. The maximum Gasteiger partial charge on any atom is 0.258 e. The number of nitrogens with zero attached hydrogens (tertiary/aromatic N) is 3. The zero-order chi connectivity index (χ0) is 23.3. The Morgan fingerprint density at radius 2 is 1.91 bits per heavy atom. The van der Waals surface area contributed by atoms with Crippen LogP contribution in [0.3, 0.4) is 0 Å². The van der Waals surface area contributed by atoms with Crippen LogP contribution in [-0.4, -0.2) is 48.4 Å². The summed E-state index contributed by atoms with van der Waals surface area (Å²) in [5.41, 5.74) is 2.43. The van der Waals surface area contributed by atoms with Gasteiger partial charge in [0.2, 0.25) is 0 Å². The zero-order valence-electron chi connectivity index (χ0n) is 18.7. The van der Waals surface area contributed by atoms with Gasteiger partial charge in [-0.05, 0) is 30.7 Å². The minimum atomic E-state index is -1.58. The summed E-state index contributed by atoms with van der Waals surface area (Å²) >= 11 is 0. The van der Waals surface area contributed by atoms with Crippen LogP contribution in [0.15, 0.2) is 53.8 Å². The molecule has 0 radical (unpaired) electrons. The van der Waals surface area contributed by atoms with Crippen LogP contribution in [0.4, 0.5) is 11.5 Å². The van der Waals surface area contributed by atoms with Crippen molar-refractivity contribution >= 4 is 28.2 Å². The molecule has 8 nitrogen and oxygen atoms in total. The number of pyridine rings is 2. The summed E-state index contributed by atoms with van der Waals surface area (Å²) in [7, 11) is 5.28. The van der Waals surface area contributed by atoms with Gasteiger partial charge in [-0.25, -0.2) is 9.97 Å². The highest BCUT2D eigenvalue weighted by atomic mass is 32.2. The maximum atomic E-state index is 13.2. The number of carbonyl (C=O) groups excluding carboxylic acids is 1. The molecule has 1 amide bonds.